The number of rotatable bonds is 3. The normalized spacial score (nSPS) is 9.87. The van der Waals surface area contributed by atoms with Gasteiger partial charge in [0, 0.05) is 20.3 Å². The van der Waals surface area contributed by atoms with E-state index in [1.807, 2.05) is 14.1 Å². The molecule has 0 spiro atoms. The summed E-state index contributed by atoms with van der Waals surface area (Å²) >= 11 is 5.96. The van der Waals surface area contributed by atoms with E-state index >= 15 is 0 Å². The summed E-state index contributed by atoms with van der Waals surface area (Å²) in [6.45, 7) is 2.09. The lowest BCUT2D eigenvalue weighted by Gasteiger charge is -2.13. The molecule has 0 aromatic carbocycles. The van der Waals surface area contributed by atoms with Gasteiger partial charge >= 0.3 is 5.97 Å². The summed E-state index contributed by atoms with van der Waals surface area (Å²) in [5.74, 6) is 0.224. The highest BCUT2D eigenvalue weighted by Gasteiger charge is 2.11. The monoisotopic (exact) mass is 228 g/mol. The van der Waals surface area contributed by atoms with Crippen LogP contribution in [0.4, 0.5) is 5.82 Å². The van der Waals surface area contributed by atoms with Gasteiger partial charge in [0.2, 0.25) is 0 Å². The number of carbonyl (C=O) groups is 1. The third-order valence-electron chi connectivity index (χ3n) is 1.76. The minimum atomic E-state index is -0.405. The van der Waals surface area contributed by atoms with Crippen LogP contribution >= 0.6 is 11.6 Å². The van der Waals surface area contributed by atoms with Crippen LogP contribution in [0.1, 0.15) is 17.3 Å². The Labute approximate surface area is 93.8 Å². The first kappa shape index (κ1) is 11.8. The lowest BCUT2D eigenvalue weighted by Crippen LogP contribution is -2.12. The molecule has 0 saturated carbocycles. The lowest BCUT2D eigenvalue weighted by molar-refractivity contribution is 0.0526. The SMILES string of the molecule is CCOC(=O)c1cnc(N(C)C)c(Cl)c1. The minimum Gasteiger partial charge on any atom is -0.462 e. The molecule has 0 unspecified atom stereocenters. The Bertz CT molecular complexity index is 366. The summed E-state index contributed by atoms with van der Waals surface area (Å²) in [6.07, 6.45) is 1.46. The Hall–Kier alpha value is -1.29. The van der Waals surface area contributed by atoms with E-state index < -0.39 is 5.97 Å². The van der Waals surface area contributed by atoms with Crippen molar-refractivity contribution in [2.75, 3.05) is 25.6 Å². The van der Waals surface area contributed by atoms with Gasteiger partial charge in [0.15, 0.2) is 0 Å². The summed E-state index contributed by atoms with van der Waals surface area (Å²) in [5.41, 5.74) is 0.368. The molecule has 0 amide bonds. The van der Waals surface area contributed by atoms with Crippen LogP contribution in [0.5, 0.6) is 0 Å². The fourth-order valence-electron chi connectivity index (χ4n) is 1.09. The van der Waals surface area contributed by atoms with Crippen molar-refractivity contribution < 1.29 is 9.53 Å². The first-order valence-electron chi connectivity index (χ1n) is 4.56. The van der Waals surface area contributed by atoms with E-state index in [2.05, 4.69) is 4.98 Å². The Morgan fingerprint density at radius 1 is 1.60 bits per heavy atom. The number of esters is 1. The molecule has 0 atom stereocenters. The van der Waals surface area contributed by atoms with Crippen molar-refractivity contribution in [3.63, 3.8) is 0 Å². The summed E-state index contributed by atoms with van der Waals surface area (Å²) < 4.78 is 4.83. The van der Waals surface area contributed by atoms with Gasteiger partial charge in [-0.1, -0.05) is 11.6 Å². The van der Waals surface area contributed by atoms with Gasteiger partial charge in [-0.3, -0.25) is 0 Å². The lowest BCUT2D eigenvalue weighted by atomic mass is 10.3. The zero-order valence-corrected chi connectivity index (χ0v) is 9.71. The van der Waals surface area contributed by atoms with E-state index in [0.29, 0.717) is 23.0 Å². The second kappa shape index (κ2) is 4.98. The van der Waals surface area contributed by atoms with Crippen LogP contribution in [-0.2, 0) is 4.74 Å². The minimum absolute atomic E-state index is 0.339. The zero-order chi connectivity index (χ0) is 11.4. The van der Waals surface area contributed by atoms with E-state index in [1.165, 1.54) is 6.20 Å². The van der Waals surface area contributed by atoms with Crippen LogP contribution in [0, 0.1) is 0 Å². The number of pyridine rings is 1. The number of hydrogen-bond donors (Lipinski definition) is 0. The number of carbonyl (C=O) groups excluding carboxylic acids is 1. The quantitative estimate of drug-likeness (QED) is 0.742. The standard InChI is InChI=1S/C10H13ClN2O2/c1-4-15-10(14)7-5-8(11)9(12-6-7)13(2)3/h5-6H,4H2,1-3H3. The first-order valence-corrected chi connectivity index (χ1v) is 4.94. The maximum Gasteiger partial charge on any atom is 0.339 e. The summed E-state index contributed by atoms with van der Waals surface area (Å²) in [6, 6.07) is 1.56. The molecule has 0 radical (unpaired) electrons. The van der Waals surface area contributed by atoms with Crippen molar-refractivity contribution in [3.8, 4) is 0 Å². The van der Waals surface area contributed by atoms with Gasteiger partial charge in [0.05, 0.1) is 17.2 Å². The van der Waals surface area contributed by atoms with E-state index in [0.717, 1.165) is 0 Å². The Morgan fingerprint density at radius 2 is 2.27 bits per heavy atom. The van der Waals surface area contributed by atoms with Gasteiger partial charge in [-0.15, -0.1) is 0 Å². The van der Waals surface area contributed by atoms with Crippen molar-refractivity contribution in [3.05, 3.63) is 22.8 Å². The fraction of sp³-hybridized carbons (Fsp3) is 0.400. The van der Waals surface area contributed by atoms with Gasteiger partial charge in [-0.2, -0.15) is 0 Å². The number of anilines is 1. The molecule has 1 aromatic heterocycles. The average Bonchev–Trinajstić information content (AvgIpc) is 2.17. The van der Waals surface area contributed by atoms with Gasteiger partial charge < -0.3 is 9.64 Å². The van der Waals surface area contributed by atoms with Crippen molar-refractivity contribution in [1.29, 1.82) is 0 Å². The molecule has 0 bridgehead atoms. The maximum atomic E-state index is 11.3. The zero-order valence-electron chi connectivity index (χ0n) is 8.95. The van der Waals surface area contributed by atoms with Gasteiger partial charge in [0.25, 0.3) is 0 Å². The molecular weight excluding hydrogens is 216 g/mol. The molecule has 0 aliphatic rings. The number of nitrogens with zero attached hydrogens (tertiary/aromatic N) is 2. The Kier molecular flexibility index (Phi) is 3.91. The summed E-state index contributed by atoms with van der Waals surface area (Å²) in [5, 5.41) is 0.436. The maximum absolute atomic E-state index is 11.3. The molecule has 0 aliphatic heterocycles. The Balaban J connectivity index is 2.96. The third-order valence-corrected chi connectivity index (χ3v) is 2.03. The number of halogens is 1. The molecule has 82 valence electrons. The van der Waals surface area contributed by atoms with E-state index in [4.69, 9.17) is 16.3 Å². The molecule has 1 aromatic rings. The highest BCUT2D eigenvalue weighted by atomic mass is 35.5. The predicted molar refractivity (Wildman–Crippen MR) is 59.5 cm³/mol. The van der Waals surface area contributed by atoms with Crippen LogP contribution in [0.25, 0.3) is 0 Å². The second-order valence-electron chi connectivity index (χ2n) is 3.14. The van der Waals surface area contributed by atoms with Crippen LogP contribution < -0.4 is 4.90 Å². The molecular formula is C10H13ClN2O2. The molecule has 0 aliphatic carbocycles. The molecule has 0 saturated heterocycles. The Morgan fingerprint density at radius 3 is 2.73 bits per heavy atom. The molecule has 4 nitrogen and oxygen atoms in total. The van der Waals surface area contributed by atoms with Crippen molar-refractivity contribution in [2.24, 2.45) is 0 Å². The second-order valence-corrected chi connectivity index (χ2v) is 3.55. The van der Waals surface area contributed by atoms with Crippen LogP contribution in [0.2, 0.25) is 5.02 Å². The molecule has 5 heteroatoms. The average molecular weight is 229 g/mol. The highest BCUT2D eigenvalue weighted by molar-refractivity contribution is 6.33. The predicted octanol–water partition coefficient (Wildman–Crippen LogP) is 1.98. The van der Waals surface area contributed by atoms with E-state index in [9.17, 15) is 4.79 Å². The highest BCUT2D eigenvalue weighted by Crippen LogP contribution is 2.22. The molecule has 1 rings (SSSR count). The van der Waals surface area contributed by atoms with Gasteiger partial charge in [0.1, 0.15) is 5.82 Å². The topological polar surface area (TPSA) is 42.4 Å². The molecule has 0 N–H and O–H groups in total. The third kappa shape index (κ3) is 2.83. The number of hydrogen-bond acceptors (Lipinski definition) is 4. The first-order chi connectivity index (χ1) is 7.06. The van der Waals surface area contributed by atoms with Gasteiger partial charge in [-0.05, 0) is 13.0 Å². The van der Waals surface area contributed by atoms with E-state index in [-0.39, 0.29) is 0 Å². The molecule has 0 fully saturated rings. The fourth-order valence-corrected chi connectivity index (χ4v) is 1.42. The van der Waals surface area contributed by atoms with Gasteiger partial charge in [-0.25, -0.2) is 9.78 Å². The number of aromatic nitrogens is 1. The van der Waals surface area contributed by atoms with Crippen molar-refractivity contribution in [1.82, 2.24) is 4.98 Å². The smallest absolute Gasteiger partial charge is 0.339 e. The van der Waals surface area contributed by atoms with Crippen molar-refractivity contribution >= 4 is 23.4 Å². The summed E-state index contributed by atoms with van der Waals surface area (Å²) in [4.78, 5) is 17.2. The van der Waals surface area contributed by atoms with Crippen LogP contribution in [0.15, 0.2) is 12.3 Å². The summed E-state index contributed by atoms with van der Waals surface area (Å²) in [7, 11) is 3.66. The van der Waals surface area contributed by atoms with Crippen LogP contribution in [0.3, 0.4) is 0 Å². The molecule has 15 heavy (non-hydrogen) atoms. The van der Waals surface area contributed by atoms with Crippen LogP contribution in [-0.4, -0.2) is 31.7 Å². The molecule has 1 heterocycles. The van der Waals surface area contributed by atoms with Crippen molar-refractivity contribution in [2.45, 2.75) is 6.92 Å². The number of ether oxygens (including phenoxy) is 1. The largest absolute Gasteiger partial charge is 0.462 e. The van der Waals surface area contributed by atoms with E-state index in [1.54, 1.807) is 17.9 Å².